The number of aromatic nitrogens is 3. The molecule has 2 aromatic rings. The van der Waals surface area contributed by atoms with Gasteiger partial charge in [0.05, 0.1) is 11.9 Å². The number of nitrogens with zero attached hydrogens (tertiary/aromatic N) is 2. The number of carboxylic acid groups (broad SMARTS) is 1. The summed E-state index contributed by atoms with van der Waals surface area (Å²) >= 11 is 0. The second-order valence-electron chi connectivity index (χ2n) is 3.66. The minimum atomic E-state index is -3.76. The van der Waals surface area contributed by atoms with Gasteiger partial charge in [0.1, 0.15) is 10.7 Å². The number of carboxylic acids is 1. The van der Waals surface area contributed by atoms with Crippen LogP contribution in [0.4, 0.5) is 5.82 Å². The standard InChI is InChI=1S/C11H10N4O4S/c16-11(17)5-4-8-2-1-3-10(14-8)15-20(18,19)9-6-12-13-7-9/h1-7H,(H,12,13)(H,14,15)(H,16,17). The fourth-order valence-corrected chi connectivity index (χ4v) is 2.25. The highest BCUT2D eigenvalue weighted by Gasteiger charge is 2.15. The van der Waals surface area contributed by atoms with Crippen LogP contribution in [0.1, 0.15) is 5.69 Å². The van der Waals surface area contributed by atoms with E-state index in [-0.39, 0.29) is 10.7 Å². The zero-order valence-electron chi connectivity index (χ0n) is 10.0. The Morgan fingerprint density at radius 1 is 1.40 bits per heavy atom. The first-order valence-corrected chi connectivity index (χ1v) is 6.85. The fourth-order valence-electron chi connectivity index (χ4n) is 1.34. The van der Waals surface area contributed by atoms with Gasteiger partial charge in [0.15, 0.2) is 0 Å². The predicted octanol–water partition coefficient (Wildman–Crippen LogP) is 0.703. The van der Waals surface area contributed by atoms with Crippen molar-refractivity contribution in [1.29, 1.82) is 0 Å². The highest BCUT2D eigenvalue weighted by Crippen LogP contribution is 2.13. The molecule has 2 heterocycles. The maximum atomic E-state index is 11.9. The number of anilines is 1. The Morgan fingerprint density at radius 2 is 2.20 bits per heavy atom. The molecule has 0 bridgehead atoms. The molecule has 20 heavy (non-hydrogen) atoms. The summed E-state index contributed by atoms with van der Waals surface area (Å²) < 4.78 is 26.1. The van der Waals surface area contributed by atoms with Crippen molar-refractivity contribution >= 4 is 27.9 Å². The quantitative estimate of drug-likeness (QED) is 0.697. The van der Waals surface area contributed by atoms with Crippen molar-refractivity contribution in [3.05, 3.63) is 42.4 Å². The first kappa shape index (κ1) is 13.7. The number of carbonyl (C=O) groups is 1. The van der Waals surface area contributed by atoms with Gasteiger partial charge in [0.25, 0.3) is 10.0 Å². The fraction of sp³-hybridized carbons (Fsp3) is 0. The van der Waals surface area contributed by atoms with E-state index in [0.717, 1.165) is 12.3 Å². The van der Waals surface area contributed by atoms with Crippen LogP contribution in [0.5, 0.6) is 0 Å². The summed E-state index contributed by atoms with van der Waals surface area (Å²) in [6.45, 7) is 0. The third-order valence-electron chi connectivity index (χ3n) is 2.19. The van der Waals surface area contributed by atoms with Crippen LogP contribution in [0.25, 0.3) is 6.08 Å². The molecule has 3 N–H and O–H groups in total. The number of nitrogens with one attached hydrogen (secondary N) is 2. The van der Waals surface area contributed by atoms with Gasteiger partial charge in [-0.3, -0.25) is 9.82 Å². The third-order valence-corrected chi connectivity index (χ3v) is 3.51. The topological polar surface area (TPSA) is 125 Å². The molecule has 0 saturated carbocycles. The molecule has 0 spiro atoms. The zero-order valence-corrected chi connectivity index (χ0v) is 10.8. The van der Waals surface area contributed by atoms with Gasteiger partial charge in [0, 0.05) is 12.3 Å². The number of hydrogen-bond acceptors (Lipinski definition) is 5. The van der Waals surface area contributed by atoms with Crippen molar-refractivity contribution in [2.24, 2.45) is 0 Å². The van der Waals surface area contributed by atoms with E-state index in [9.17, 15) is 13.2 Å². The van der Waals surface area contributed by atoms with E-state index < -0.39 is 16.0 Å². The molecule has 0 aliphatic carbocycles. The summed E-state index contributed by atoms with van der Waals surface area (Å²) in [6, 6.07) is 4.56. The van der Waals surface area contributed by atoms with Crippen LogP contribution >= 0.6 is 0 Å². The molecule has 8 nitrogen and oxygen atoms in total. The number of aromatic amines is 1. The minimum absolute atomic E-state index is 0.0224. The van der Waals surface area contributed by atoms with E-state index >= 15 is 0 Å². The van der Waals surface area contributed by atoms with Gasteiger partial charge in [-0.1, -0.05) is 6.07 Å². The molecule has 2 rings (SSSR count). The lowest BCUT2D eigenvalue weighted by atomic mass is 10.3. The van der Waals surface area contributed by atoms with Crippen LogP contribution in [-0.4, -0.2) is 34.7 Å². The summed E-state index contributed by atoms with van der Waals surface area (Å²) in [6.07, 6.45) is 4.57. The molecule has 0 saturated heterocycles. The lowest BCUT2D eigenvalue weighted by molar-refractivity contribution is -0.131. The average Bonchev–Trinajstić information content (AvgIpc) is 2.91. The van der Waals surface area contributed by atoms with Crippen LogP contribution < -0.4 is 4.72 Å². The van der Waals surface area contributed by atoms with Gasteiger partial charge in [-0.05, 0) is 18.2 Å². The van der Waals surface area contributed by atoms with Crippen molar-refractivity contribution in [2.75, 3.05) is 4.72 Å². The summed E-state index contributed by atoms with van der Waals surface area (Å²) in [5.74, 6) is -1.03. The molecule has 0 fully saturated rings. The Morgan fingerprint density at radius 3 is 2.85 bits per heavy atom. The largest absolute Gasteiger partial charge is 0.478 e. The molecule has 0 unspecified atom stereocenters. The second-order valence-corrected chi connectivity index (χ2v) is 5.34. The normalized spacial score (nSPS) is 11.6. The number of aliphatic carboxylic acids is 1. The number of rotatable bonds is 5. The van der Waals surface area contributed by atoms with Gasteiger partial charge in [-0.25, -0.2) is 18.2 Å². The van der Waals surface area contributed by atoms with Crippen molar-refractivity contribution in [3.8, 4) is 0 Å². The van der Waals surface area contributed by atoms with E-state index in [0.29, 0.717) is 5.69 Å². The molecular weight excluding hydrogens is 284 g/mol. The number of H-pyrrole nitrogens is 1. The summed E-state index contributed by atoms with van der Waals surface area (Å²) in [5, 5.41) is 14.5. The Kier molecular flexibility index (Phi) is 3.80. The highest BCUT2D eigenvalue weighted by atomic mass is 32.2. The van der Waals surface area contributed by atoms with Crippen LogP contribution in [0, 0.1) is 0 Å². The van der Waals surface area contributed by atoms with Gasteiger partial charge >= 0.3 is 5.97 Å². The summed E-state index contributed by atoms with van der Waals surface area (Å²) in [5.41, 5.74) is 0.319. The van der Waals surface area contributed by atoms with Crippen molar-refractivity contribution in [2.45, 2.75) is 4.90 Å². The van der Waals surface area contributed by atoms with Crippen molar-refractivity contribution < 1.29 is 18.3 Å². The first-order valence-electron chi connectivity index (χ1n) is 5.37. The zero-order chi connectivity index (χ0) is 14.6. The van der Waals surface area contributed by atoms with Crippen molar-refractivity contribution in [1.82, 2.24) is 15.2 Å². The molecule has 0 radical (unpaired) electrons. The van der Waals surface area contributed by atoms with E-state index in [4.69, 9.17) is 5.11 Å². The molecule has 0 aliphatic rings. The van der Waals surface area contributed by atoms with Gasteiger partial charge < -0.3 is 5.11 Å². The Labute approximate surface area is 114 Å². The maximum absolute atomic E-state index is 11.9. The highest BCUT2D eigenvalue weighted by molar-refractivity contribution is 7.92. The molecule has 104 valence electrons. The SMILES string of the molecule is O=C(O)C=Cc1cccc(NS(=O)(=O)c2cn[nH]c2)n1. The van der Waals surface area contributed by atoms with Crippen molar-refractivity contribution in [3.63, 3.8) is 0 Å². The lowest BCUT2D eigenvalue weighted by Gasteiger charge is -2.05. The number of pyridine rings is 1. The Hall–Kier alpha value is -2.68. The van der Waals surface area contributed by atoms with Crippen LogP contribution in [0.3, 0.4) is 0 Å². The average molecular weight is 294 g/mol. The third kappa shape index (κ3) is 3.42. The summed E-state index contributed by atoms with van der Waals surface area (Å²) in [7, 11) is -3.76. The maximum Gasteiger partial charge on any atom is 0.328 e. The molecular formula is C11H10N4O4S. The minimum Gasteiger partial charge on any atom is -0.478 e. The van der Waals surface area contributed by atoms with E-state index in [1.165, 1.54) is 18.3 Å². The second kappa shape index (κ2) is 5.53. The van der Waals surface area contributed by atoms with E-state index in [1.807, 2.05) is 0 Å². The molecule has 2 aromatic heterocycles. The van der Waals surface area contributed by atoms with Gasteiger partial charge in [-0.15, -0.1) is 0 Å². The van der Waals surface area contributed by atoms with Crippen LogP contribution in [0.15, 0.2) is 41.6 Å². The lowest BCUT2D eigenvalue weighted by Crippen LogP contribution is -2.13. The van der Waals surface area contributed by atoms with Gasteiger partial charge in [-0.2, -0.15) is 5.10 Å². The Bertz CT molecular complexity index is 738. The van der Waals surface area contributed by atoms with E-state index in [2.05, 4.69) is 19.9 Å². The first-order chi connectivity index (χ1) is 9.47. The van der Waals surface area contributed by atoms with E-state index in [1.54, 1.807) is 12.1 Å². The van der Waals surface area contributed by atoms with Crippen LogP contribution in [-0.2, 0) is 14.8 Å². The summed E-state index contributed by atoms with van der Waals surface area (Å²) in [4.78, 5) is 14.4. The van der Waals surface area contributed by atoms with Gasteiger partial charge in [0.2, 0.25) is 0 Å². The number of sulfonamides is 1. The molecule has 0 atom stereocenters. The Balaban J connectivity index is 2.22. The van der Waals surface area contributed by atoms with Crippen LogP contribution in [0.2, 0.25) is 0 Å². The molecule has 0 aliphatic heterocycles. The molecule has 0 amide bonds. The predicted molar refractivity (Wildman–Crippen MR) is 70.3 cm³/mol. The number of hydrogen-bond donors (Lipinski definition) is 3. The monoisotopic (exact) mass is 294 g/mol. The smallest absolute Gasteiger partial charge is 0.328 e. The molecule has 0 aromatic carbocycles. The molecule has 9 heteroatoms.